The van der Waals surface area contributed by atoms with Crippen molar-refractivity contribution < 1.29 is 24.2 Å². The van der Waals surface area contributed by atoms with Gasteiger partial charge >= 0.3 is 0 Å². The number of carbonyl (C=O) groups is 2. The van der Waals surface area contributed by atoms with Crippen LogP contribution in [0, 0.1) is 6.92 Å². The number of halogens is 3. The smallest absolute Gasteiger partial charge is 0.227 e. The van der Waals surface area contributed by atoms with Crippen LogP contribution in [-0.4, -0.2) is 51.9 Å². The van der Waals surface area contributed by atoms with Crippen molar-refractivity contribution in [1.82, 2.24) is 9.78 Å². The quantitative estimate of drug-likeness (QED) is 0.118. The second-order valence-electron chi connectivity index (χ2n) is 12.3. The SMILES string of the molecule is Cc1c(Cl)cccc1OCCCC(=O)N1CCCOc2c(-c3cnn(Cc4c(Cl)cc(C(=O)CCC(C)(C)O)cc4Cl)c3)cccc21. The van der Waals surface area contributed by atoms with Crippen LogP contribution < -0.4 is 14.4 Å². The van der Waals surface area contributed by atoms with E-state index in [4.69, 9.17) is 44.3 Å². The highest BCUT2D eigenvalue weighted by Crippen LogP contribution is 2.40. The molecule has 1 N–H and O–H groups in total. The fourth-order valence-electron chi connectivity index (χ4n) is 5.41. The molecule has 0 radical (unpaired) electrons. The number of aromatic nitrogens is 2. The highest BCUT2D eigenvalue weighted by Gasteiger charge is 2.25. The zero-order chi connectivity index (χ0) is 33.7. The molecule has 0 aliphatic carbocycles. The van der Waals surface area contributed by atoms with Crippen molar-refractivity contribution >= 4 is 52.2 Å². The second kappa shape index (κ2) is 15.1. The number of fused-ring (bicyclic) bond motifs is 1. The van der Waals surface area contributed by atoms with Gasteiger partial charge in [0.1, 0.15) is 5.75 Å². The van der Waals surface area contributed by atoms with Crippen molar-refractivity contribution in [2.24, 2.45) is 0 Å². The number of para-hydroxylation sites is 1. The van der Waals surface area contributed by atoms with Crippen molar-refractivity contribution in [3.8, 4) is 22.6 Å². The first-order chi connectivity index (χ1) is 22.4. The van der Waals surface area contributed by atoms with E-state index in [0.29, 0.717) is 77.4 Å². The molecule has 0 atom stereocenters. The van der Waals surface area contributed by atoms with Gasteiger partial charge in [-0.05, 0) is 70.4 Å². The predicted molar refractivity (Wildman–Crippen MR) is 186 cm³/mol. The second-order valence-corrected chi connectivity index (χ2v) is 13.5. The normalized spacial score (nSPS) is 13.1. The Morgan fingerprint density at radius 3 is 2.53 bits per heavy atom. The summed E-state index contributed by atoms with van der Waals surface area (Å²) in [6.07, 6.45) is 5.71. The number of hydrogen-bond donors (Lipinski definition) is 1. The Labute approximate surface area is 290 Å². The summed E-state index contributed by atoms with van der Waals surface area (Å²) >= 11 is 19.4. The van der Waals surface area contributed by atoms with Crippen LogP contribution in [0.1, 0.15) is 67.4 Å². The Bertz CT molecular complexity index is 1740. The Balaban J connectivity index is 1.28. The minimum atomic E-state index is -0.940. The van der Waals surface area contributed by atoms with Gasteiger partial charge in [-0.15, -0.1) is 0 Å². The maximum atomic E-state index is 13.4. The van der Waals surface area contributed by atoms with Gasteiger partial charge < -0.3 is 19.5 Å². The molecule has 5 rings (SSSR count). The van der Waals surface area contributed by atoms with Crippen LogP contribution in [0.4, 0.5) is 5.69 Å². The molecule has 1 aliphatic heterocycles. The van der Waals surface area contributed by atoms with Crippen molar-refractivity contribution in [1.29, 1.82) is 0 Å². The average molecular weight is 699 g/mol. The van der Waals surface area contributed by atoms with Gasteiger partial charge in [-0.3, -0.25) is 14.3 Å². The minimum Gasteiger partial charge on any atom is -0.493 e. The number of amides is 1. The third-order valence-electron chi connectivity index (χ3n) is 8.06. The van der Waals surface area contributed by atoms with Gasteiger partial charge in [0.15, 0.2) is 11.5 Å². The average Bonchev–Trinajstić information content (AvgIpc) is 3.38. The van der Waals surface area contributed by atoms with Crippen LogP contribution in [0.3, 0.4) is 0 Å². The van der Waals surface area contributed by atoms with Gasteiger partial charge in [-0.2, -0.15) is 5.10 Å². The van der Waals surface area contributed by atoms with E-state index in [9.17, 15) is 14.7 Å². The number of hydrogen-bond acceptors (Lipinski definition) is 6. The summed E-state index contributed by atoms with van der Waals surface area (Å²) in [7, 11) is 0. The molecule has 0 saturated carbocycles. The maximum Gasteiger partial charge on any atom is 0.227 e. The predicted octanol–water partition coefficient (Wildman–Crippen LogP) is 8.58. The molecule has 248 valence electrons. The monoisotopic (exact) mass is 697 g/mol. The lowest BCUT2D eigenvalue weighted by molar-refractivity contribution is -0.118. The number of aliphatic hydroxyl groups is 1. The zero-order valence-electron chi connectivity index (χ0n) is 26.7. The molecule has 0 spiro atoms. The van der Waals surface area contributed by atoms with Crippen LogP contribution in [0.15, 0.2) is 60.9 Å². The van der Waals surface area contributed by atoms with Crippen LogP contribution >= 0.6 is 34.8 Å². The summed E-state index contributed by atoms with van der Waals surface area (Å²) in [4.78, 5) is 27.9. The molecule has 0 fully saturated rings. The molecule has 0 bridgehead atoms. The summed E-state index contributed by atoms with van der Waals surface area (Å²) in [5.41, 5.74) is 3.33. The van der Waals surface area contributed by atoms with Gasteiger partial charge in [0.25, 0.3) is 0 Å². The molecule has 47 heavy (non-hydrogen) atoms. The standard InChI is InChI=1S/C36H38Cl3N3O5/c1-23-28(37)9-5-11-33(23)46-16-6-12-34(44)42-15-7-17-47-35-26(8-4-10-31(35)42)25-20-40-41(21-25)22-27-29(38)18-24(19-30(27)39)32(43)13-14-36(2,3)45/h4-5,8-11,18-21,45H,6-7,12-17,22H2,1-3H3. The number of ketones is 1. The van der Waals surface area contributed by atoms with E-state index >= 15 is 0 Å². The molecule has 8 nitrogen and oxygen atoms in total. The van der Waals surface area contributed by atoms with Crippen molar-refractivity contribution in [2.45, 2.75) is 65.0 Å². The Kier molecular flexibility index (Phi) is 11.2. The number of ether oxygens (including phenoxy) is 2. The maximum absolute atomic E-state index is 13.4. The molecule has 1 amide bonds. The molecule has 1 aliphatic rings. The Hall–Kier alpha value is -3.56. The van der Waals surface area contributed by atoms with E-state index in [0.717, 1.165) is 28.1 Å². The van der Waals surface area contributed by atoms with Crippen molar-refractivity contribution in [3.63, 3.8) is 0 Å². The third kappa shape index (κ3) is 8.68. The summed E-state index contributed by atoms with van der Waals surface area (Å²) in [6, 6.07) is 14.5. The lowest BCUT2D eigenvalue weighted by Gasteiger charge is -2.23. The fourth-order valence-corrected chi connectivity index (χ4v) is 6.18. The van der Waals surface area contributed by atoms with Gasteiger partial charge in [0.2, 0.25) is 5.91 Å². The van der Waals surface area contributed by atoms with Gasteiger partial charge in [0.05, 0.1) is 37.2 Å². The van der Waals surface area contributed by atoms with E-state index in [1.807, 2.05) is 49.5 Å². The first-order valence-electron chi connectivity index (χ1n) is 15.6. The molecule has 3 aromatic carbocycles. The highest BCUT2D eigenvalue weighted by atomic mass is 35.5. The number of benzene rings is 3. The first-order valence-corrected chi connectivity index (χ1v) is 16.7. The van der Waals surface area contributed by atoms with Crippen molar-refractivity contribution in [2.75, 3.05) is 24.7 Å². The number of Topliss-reactive ketones (excluding diaryl/α,β-unsaturated/α-hetero) is 1. The Morgan fingerprint density at radius 1 is 1.04 bits per heavy atom. The third-order valence-corrected chi connectivity index (χ3v) is 9.14. The zero-order valence-corrected chi connectivity index (χ0v) is 29.0. The van der Waals surface area contributed by atoms with Crippen LogP contribution in [0.2, 0.25) is 15.1 Å². The largest absolute Gasteiger partial charge is 0.493 e. The lowest BCUT2D eigenvalue weighted by Crippen LogP contribution is -2.31. The molecular weight excluding hydrogens is 661 g/mol. The number of carbonyl (C=O) groups excluding carboxylic acids is 2. The molecule has 1 aromatic heterocycles. The number of nitrogens with zero attached hydrogens (tertiary/aromatic N) is 3. The van der Waals surface area contributed by atoms with Crippen LogP contribution in [0.5, 0.6) is 11.5 Å². The molecular formula is C36H38Cl3N3O5. The Morgan fingerprint density at radius 2 is 1.79 bits per heavy atom. The molecule has 4 aromatic rings. The lowest BCUT2D eigenvalue weighted by atomic mass is 9.97. The first kappa shape index (κ1) is 34.8. The van der Waals surface area contributed by atoms with E-state index in [1.165, 1.54) is 0 Å². The van der Waals surface area contributed by atoms with E-state index in [2.05, 4.69) is 5.10 Å². The van der Waals surface area contributed by atoms with Gasteiger partial charge in [-0.25, -0.2) is 0 Å². The van der Waals surface area contributed by atoms with Gasteiger partial charge in [-0.1, -0.05) is 53.0 Å². The topological polar surface area (TPSA) is 93.9 Å². The molecule has 2 heterocycles. The fraction of sp³-hybridized carbons (Fsp3) is 0.361. The number of anilines is 1. The van der Waals surface area contributed by atoms with E-state index in [1.54, 1.807) is 41.8 Å². The minimum absolute atomic E-state index is 0.00213. The van der Waals surface area contributed by atoms with Crippen LogP contribution in [0.25, 0.3) is 11.1 Å². The summed E-state index contributed by atoms with van der Waals surface area (Å²) in [5.74, 6) is 1.22. The number of rotatable bonds is 12. The molecule has 0 unspecified atom stereocenters. The van der Waals surface area contributed by atoms with Crippen molar-refractivity contribution in [3.05, 3.63) is 92.7 Å². The van der Waals surface area contributed by atoms with E-state index < -0.39 is 5.60 Å². The summed E-state index contributed by atoms with van der Waals surface area (Å²) in [5, 5.41) is 15.9. The summed E-state index contributed by atoms with van der Waals surface area (Å²) in [6.45, 7) is 6.96. The highest BCUT2D eigenvalue weighted by molar-refractivity contribution is 6.36. The molecule has 11 heteroatoms. The van der Waals surface area contributed by atoms with E-state index in [-0.39, 0.29) is 24.7 Å². The van der Waals surface area contributed by atoms with Gasteiger partial charge in [0, 0.05) is 68.5 Å². The van der Waals surface area contributed by atoms with Crippen LogP contribution in [-0.2, 0) is 11.3 Å². The molecule has 0 saturated heterocycles. The summed E-state index contributed by atoms with van der Waals surface area (Å²) < 4.78 is 13.8.